The topological polar surface area (TPSA) is 58.0 Å². The summed E-state index contributed by atoms with van der Waals surface area (Å²) in [4.78, 5) is 8.93. The minimum atomic E-state index is 0.236. The summed E-state index contributed by atoms with van der Waals surface area (Å²) in [5.74, 6) is 1.25. The zero-order valence-electron chi connectivity index (χ0n) is 11.5. The number of hydrogen-bond donors (Lipinski definition) is 2. The summed E-state index contributed by atoms with van der Waals surface area (Å²) < 4.78 is 0. The van der Waals surface area contributed by atoms with Crippen molar-refractivity contribution in [2.75, 3.05) is 11.9 Å². The van der Waals surface area contributed by atoms with Gasteiger partial charge in [0.2, 0.25) is 0 Å². The fraction of sp³-hybridized carbons (Fsp3) is 0.467. The second-order valence-electron chi connectivity index (χ2n) is 5.46. The number of fused-ring (bicyclic) bond motifs is 1. The number of rotatable bonds is 4. The molecule has 1 saturated carbocycles. The molecule has 0 aliphatic heterocycles. The molecular formula is C15H17Cl2N3O. The van der Waals surface area contributed by atoms with Gasteiger partial charge >= 0.3 is 0 Å². The Kier molecular flexibility index (Phi) is 4.48. The van der Waals surface area contributed by atoms with Crippen LogP contribution in [0.25, 0.3) is 11.0 Å². The highest BCUT2D eigenvalue weighted by atomic mass is 35.5. The lowest BCUT2D eigenvalue weighted by Crippen LogP contribution is -2.25. The van der Waals surface area contributed by atoms with Crippen molar-refractivity contribution in [2.24, 2.45) is 5.92 Å². The minimum Gasteiger partial charge on any atom is -0.396 e. The van der Waals surface area contributed by atoms with Crippen molar-refractivity contribution in [3.8, 4) is 0 Å². The highest BCUT2D eigenvalue weighted by Crippen LogP contribution is 2.31. The van der Waals surface area contributed by atoms with Crippen LogP contribution in [0.5, 0.6) is 0 Å². The van der Waals surface area contributed by atoms with Gasteiger partial charge in [-0.25, -0.2) is 4.98 Å². The average molecular weight is 326 g/mol. The number of aliphatic hydroxyl groups excluding tert-OH is 1. The summed E-state index contributed by atoms with van der Waals surface area (Å²) in [5.41, 5.74) is 1.46. The molecule has 0 amide bonds. The van der Waals surface area contributed by atoms with Gasteiger partial charge in [-0.3, -0.25) is 4.98 Å². The normalized spacial score (nSPS) is 21.9. The Balaban J connectivity index is 1.82. The molecule has 0 spiro atoms. The van der Waals surface area contributed by atoms with Gasteiger partial charge in [-0.15, -0.1) is 0 Å². The summed E-state index contributed by atoms with van der Waals surface area (Å²) in [6, 6.07) is 3.81. The van der Waals surface area contributed by atoms with E-state index >= 15 is 0 Å². The molecule has 1 aromatic carbocycles. The molecular weight excluding hydrogens is 309 g/mol. The molecule has 2 atom stereocenters. The van der Waals surface area contributed by atoms with Gasteiger partial charge in [0.25, 0.3) is 0 Å². The lowest BCUT2D eigenvalue weighted by atomic mass is 10.0. The number of aliphatic hydroxyl groups is 1. The van der Waals surface area contributed by atoms with E-state index in [2.05, 4.69) is 15.3 Å². The lowest BCUT2D eigenvalue weighted by molar-refractivity contribution is 0.254. The van der Waals surface area contributed by atoms with Gasteiger partial charge in [0, 0.05) is 12.6 Å². The molecule has 3 rings (SSSR count). The second-order valence-corrected chi connectivity index (χ2v) is 6.28. The van der Waals surface area contributed by atoms with Gasteiger partial charge in [0.15, 0.2) is 0 Å². The van der Waals surface area contributed by atoms with E-state index in [9.17, 15) is 0 Å². The molecule has 1 heterocycles. The number of benzene rings is 1. The van der Waals surface area contributed by atoms with Crippen molar-refractivity contribution in [3.63, 3.8) is 0 Å². The molecule has 1 aliphatic rings. The quantitative estimate of drug-likeness (QED) is 0.895. The number of nitrogens with one attached hydrogen (secondary N) is 1. The molecule has 1 aromatic heterocycles. The zero-order chi connectivity index (χ0) is 14.8. The molecule has 0 saturated heterocycles. The van der Waals surface area contributed by atoms with Gasteiger partial charge in [-0.2, -0.15) is 0 Å². The Hall–Kier alpha value is -1.10. The van der Waals surface area contributed by atoms with E-state index in [4.69, 9.17) is 28.3 Å². The molecule has 0 bridgehead atoms. The maximum atomic E-state index is 9.13. The third-order valence-corrected chi connectivity index (χ3v) is 4.80. The van der Waals surface area contributed by atoms with Gasteiger partial charge in [-0.1, -0.05) is 29.6 Å². The second kappa shape index (κ2) is 6.34. The van der Waals surface area contributed by atoms with Crippen molar-refractivity contribution in [1.29, 1.82) is 0 Å². The van der Waals surface area contributed by atoms with Crippen molar-refractivity contribution < 1.29 is 5.11 Å². The SMILES string of the molecule is OCCC1CCCC1Nc1cnc2cc(Cl)c(Cl)cc2n1. The molecule has 4 nitrogen and oxygen atoms in total. The third-order valence-electron chi connectivity index (χ3n) is 4.08. The first-order chi connectivity index (χ1) is 10.2. The van der Waals surface area contributed by atoms with Gasteiger partial charge in [-0.05, 0) is 37.3 Å². The Morgan fingerprint density at radius 1 is 1.19 bits per heavy atom. The fourth-order valence-corrected chi connectivity index (χ4v) is 3.32. The zero-order valence-corrected chi connectivity index (χ0v) is 13.0. The van der Waals surface area contributed by atoms with Crippen LogP contribution in [0.1, 0.15) is 25.7 Å². The van der Waals surface area contributed by atoms with E-state index < -0.39 is 0 Å². The standard InChI is InChI=1S/C15H17Cl2N3O/c16-10-6-13-14(7-11(10)17)20-15(8-18-13)19-12-3-1-2-9(12)4-5-21/h6-9,12,21H,1-5H2,(H,19,20). The molecule has 2 unspecified atom stereocenters. The highest BCUT2D eigenvalue weighted by molar-refractivity contribution is 6.42. The van der Waals surface area contributed by atoms with Crippen LogP contribution in [0.4, 0.5) is 5.82 Å². The summed E-state index contributed by atoms with van der Waals surface area (Å²) in [6.45, 7) is 0.236. The first-order valence-electron chi connectivity index (χ1n) is 7.16. The van der Waals surface area contributed by atoms with Crippen LogP contribution in [-0.2, 0) is 0 Å². The lowest BCUT2D eigenvalue weighted by Gasteiger charge is -2.20. The summed E-state index contributed by atoms with van der Waals surface area (Å²) >= 11 is 12.0. The first kappa shape index (κ1) is 14.8. The Morgan fingerprint density at radius 3 is 2.71 bits per heavy atom. The number of halogens is 2. The van der Waals surface area contributed by atoms with Crippen LogP contribution in [0.2, 0.25) is 10.0 Å². The molecule has 1 aliphatic carbocycles. The van der Waals surface area contributed by atoms with E-state index in [1.807, 2.05) is 0 Å². The minimum absolute atomic E-state index is 0.236. The monoisotopic (exact) mass is 325 g/mol. The maximum Gasteiger partial charge on any atom is 0.145 e. The Morgan fingerprint density at radius 2 is 1.95 bits per heavy atom. The van der Waals surface area contributed by atoms with Crippen molar-refractivity contribution in [2.45, 2.75) is 31.7 Å². The predicted octanol–water partition coefficient (Wildman–Crippen LogP) is 3.90. The summed E-state index contributed by atoms with van der Waals surface area (Å²) in [5, 5.41) is 13.5. The van der Waals surface area contributed by atoms with Gasteiger partial charge in [0.1, 0.15) is 5.82 Å². The van der Waals surface area contributed by atoms with E-state index in [1.165, 1.54) is 6.42 Å². The van der Waals surface area contributed by atoms with Gasteiger partial charge in [0.05, 0.1) is 27.3 Å². The van der Waals surface area contributed by atoms with Crippen molar-refractivity contribution >= 4 is 40.1 Å². The van der Waals surface area contributed by atoms with E-state index in [0.29, 0.717) is 22.0 Å². The van der Waals surface area contributed by atoms with Crippen molar-refractivity contribution in [1.82, 2.24) is 9.97 Å². The molecule has 112 valence electrons. The number of aromatic nitrogens is 2. The fourth-order valence-electron chi connectivity index (χ4n) is 3.01. The predicted molar refractivity (Wildman–Crippen MR) is 86.0 cm³/mol. The number of hydrogen-bond acceptors (Lipinski definition) is 4. The molecule has 6 heteroatoms. The van der Waals surface area contributed by atoms with E-state index in [0.717, 1.165) is 36.1 Å². The molecule has 21 heavy (non-hydrogen) atoms. The van der Waals surface area contributed by atoms with E-state index in [-0.39, 0.29) is 6.61 Å². The molecule has 0 radical (unpaired) electrons. The molecule has 2 aromatic rings. The van der Waals surface area contributed by atoms with Gasteiger partial charge < -0.3 is 10.4 Å². The van der Waals surface area contributed by atoms with Crippen LogP contribution >= 0.6 is 23.2 Å². The smallest absolute Gasteiger partial charge is 0.145 e. The van der Waals surface area contributed by atoms with Crippen LogP contribution in [0, 0.1) is 5.92 Å². The van der Waals surface area contributed by atoms with Crippen LogP contribution in [-0.4, -0.2) is 27.7 Å². The average Bonchev–Trinajstić information content (AvgIpc) is 2.88. The summed E-state index contributed by atoms with van der Waals surface area (Å²) in [7, 11) is 0. The maximum absolute atomic E-state index is 9.13. The Labute approximate surface area is 133 Å². The Bertz CT molecular complexity index is 650. The van der Waals surface area contributed by atoms with Crippen LogP contribution in [0.3, 0.4) is 0 Å². The molecule has 2 N–H and O–H groups in total. The number of nitrogens with zero attached hydrogens (tertiary/aromatic N) is 2. The largest absolute Gasteiger partial charge is 0.396 e. The highest BCUT2D eigenvalue weighted by Gasteiger charge is 2.26. The van der Waals surface area contributed by atoms with Crippen molar-refractivity contribution in [3.05, 3.63) is 28.4 Å². The number of anilines is 1. The third kappa shape index (κ3) is 3.23. The van der Waals surface area contributed by atoms with Crippen LogP contribution in [0.15, 0.2) is 18.3 Å². The van der Waals surface area contributed by atoms with Crippen LogP contribution < -0.4 is 5.32 Å². The summed E-state index contributed by atoms with van der Waals surface area (Å²) in [6.07, 6.45) is 6.00. The van der Waals surface area contributed by atoms with E-state index in [1.54, 1.807) is 18.3 Å². The molecule has 1 fully saturated rings. The first-order valence-corrected chi connectivity index (χ1v) is 7.92.